The van der Waals surface area contributed by atoms with Gasteiger partial charge < -0.3 is 15.5 Å². The molecule has 35 heavy (non-hydrogen) atoms. The van der Waals surface area contributed by atoms with Crippen molar-refractivity contribution in [2.24, 2.45) is 0 Å². The Kier molecular flexibility index (Phi) is 6.61. The topological polar surface area (TPSA) is 93.8 Å². The van der Waals surface area contributed by atoms with Crippen molar-refractivity contribution < 1.29 is 13.2 Å². The molecule has 3 aliphatic heterocycles. The first-order chi connectivity index (χ1) is 17.0. The van der Waals surface area contributed by atoms with Crippen molar-refractivity contribution in [2.75, 3.05) is 55.9 Å². The lowest BCUT2D eigenvalue weighted by molar-refractivity contribution is 0.0647. The lowest BCUT2D eigenvalue weighted by atomic mass is 10.1. The highest BCUT2D eigenvalue weighted by Crippen LogP contribution is 2.30. The maximum atomic E-state index is 13.0. The number of anilines is 2. The Morgan fingerprint density at radius 2 is 1.83 bits per heavy atom. The van der Waals surface area contributed by atoms with Crippen molar-refractivity contribution in [3.8, 4) is 0 Å². The van der Waals surface area contributed by atoms with E-state index in [0.29, 0.717) is 36.6 Å². The van der Waals surface area contributed by atoms with Crippen LogP contribution in [0.4, 0.5) is 11.4 Å². The Morgan fingerprint density at radius 3 is 2.57 bits per heavy atom. The number of amides is 1. The number of allylic oxidation sites excluding steroid dienone is 2. The van der Waals surface area contributed by atoms with Crippen molar-refractivity contribution in [1.82, 2.24) is 15.1 Å². The maximum absolute atomic E-state index is 13.0. The van der Waals surface area contributed by atoms with Crippen LogP contribution in [0.1, 0.15) is 15.9 Å². The molecule has 0 unspecified atom stereocenters. The van der Waals surface area contributed by atoms with Crippen LogP contribution in [-0.4, -0.2) is 69.9 Å². The van der Waals surface area contributed by atoms with Gasteiger partial charge in [-0.15, -0.1) is 0 Å². The highest BCUT2D eigenvalue weighted by Gasteiger charge is 2.24. The van der Waals surface area contributed by atoms with Gasteiger partial charge in [0.25, 0.3) is 15.9 Å². The third kappa shape index (κ3) is 5.26. The molecule has 0 atom stereocenters. The number of dihydropyridines is 1. The van der Waals surface area contributed by atoms with Gasteiger partial charge in [0.15, 0.2) is 0 Å². The second kappa shape index (κ2) is 9.97. The molecule has 1 amide bonds. The standard InChI is InChI=1S/C26H29N5O3S/c32-26(31-16-14-30(15-17-31)19-20-4-2-12-27-18-20)22-8-10-23(11-9-22)29-35(33,34)24-7-1-5-21-6-3-13-28-25(21)24/h1-12,27-29H,13-19H2. The number of rotatable bonds is 6. The molecule has 182 valence electrons. The number of fused-ring (bicyclic) bond motifs is 1. The van der Waals surface area contributed by atoms with Gasteiger partial charge in [-0.1, -0.05) is 30.4 Å². The summed E-state index contributed by atoms with van der Waals surface area (Å²) in [6.07, 6.45) is 9.96. The first-order valence-electron chi connectivity index (χ1n) is 11.8. The number of piperazine rings is 1. The number of sulfonamides is 1. The fourth-order valence-corrected chi connectivity index (χ4v) is 5.80. The second-order valence-electron chi connectivity index (χ2n) is 8.82. The van der Waals surface area contributed by atoms with Crippen LogP contribution >= 0.6 is 0 Å². The van der Waals surface area contributed by atoms with Crippen molar-refractivity contribution in [3.63, 3.8) is 0 Å². The summed E-state index contributed by atoms with van der Waals surface area (Å²) in [4.78, 5) is 17.4. The highest BCUT2D eigenvalue weighted by molar-refractivity contribution is 7.92. The van der Waals surface area contributed by atoms with Crippen molar-refractivity contribution in [2.45, 2.75) is 4.90 Å². The van der Waals surface area contributed by atoms with Crippen LogP contribution < -0.4 is 15.4 Å². The summed E-state index contributed by atoms with van der Waals surface area (Å²) in [5.41, 5.74) is 3.74. The molecule has 0 spiro atoms. The summed E-state index contributed by atoms with van der Waals surface area (Å²) in [7, 11) is -3.79. The van der Waals surface area contributed by atoms with E-state index in [1.54, 1.807) is 36.4 Å². The highest BCUT2D eigenvalue weighted by atomic mass is 32.2. The SMILES string of the molecule is O=C(c1ccc(NS(=O)(=O)c2cccc3c2NCC=C3)cc1)N1CCN(CC2=CC=CNC2)CC1. The van der Waals surface area contributed by atoms with Gasteiger partial charge in [-0.25, -0.2) is 8.42 Å². The van der Waals surface area contributed by atoms with Gasteiger partial charge in [0, 0.05) is 57.1 Å². The van der Waals surface area contributed by atoms with E-state index in [1.807, 2.05) is 35.4 Å². The molecule has 0 saturated carbocycles. The van der Waals surface area contributed by atoms with Gasteiger partial charge in [-0.3, -0.25) is 14.4 Å². The summed E-state index contributed by atoms with van der Waals surface area (Å²) in [5.74, 6) is -0.0337. The summed E-state index contributed by atoms with van der Waals surface area (Å²) >= 11 is 0. The Hall–Kier alpha value is -3.56. The molecular weight excluding hydrogens is 462 g/mol. The number of nitrogens with one attached hydrogen (secondary N) is 3. The number of hydrogen-bond donors (Lipinski definition) is 3. The Morgan fingerprint density at radius 1 is 1.03 bits per heavy atom. The fourth-order valence-electron chi connectivity index (χ4n) is 4.53. The Bertz CT molecular complexity index is 1290. The van der Waals surface area contributed by atoms with Crippen LogP contribution in [-0.2, 0) is 10.0 Å². The molecule has 2 aromatic carbocycles. The van der Waals surface area contributed by atoms with Crippen LogP contribution in [0.25, 0.3) is 6.08 Å². The lowest BCUT2D eigenvalue weighted by Gasteiger charge is -2.35. The number of nitrogens with zero attached hydrogens (tertiary/aromatic N) is 2. The van der Waals surface area contributed by atoms with Crippen molar-refractivity contribution in [1.29, 1.82) is 0 Å². The molecular formula is C26H29N5O3S. The quantitative estimate of drug-likeness (QED) is 0.575. The zero-order valence-corrected chi connectivity index (χ0v) is 20.2. The Labute approximate surface area is 206 Å². The van der Waals surface area contributed by atoms with Crippen molar-refractivity contribution in [3.05, 3.63) is 83.6 Å². The van der Waals surface area contributed by atoms with Crippen molar-refractivity contribution >= 4 is 33.4 Å². The van der Waals surface area contributed by atoms with E-state index in [-0.39, 0.29) is 10.8 Å². The van der Waals surface area contributed by atoms with Gasteiger partial charge in [0.1, 0.15) is 4.90 Å². The molecule has 3 N–H and O–H groups in total. The summed E-state index contributed by atoms with van der Waals surface area (Å²) in [6.45, 7) is 5.35. The number of para-hydroxylation sites is 1. The molecule has 5 rings (SSSR count). The normalized spacial score (nSPS) is 17.7. The van der Waals surface area contributed by atoms with E-state index in [1.165, 1.54) is 5.57 Å². The van der Waals surface area contributed by atoms with Crippen LogP contribution in [0.3, 0.4) is 0 Å². The van der Waals surface area contributed by atoms with Gasteiger partial charge >= 0.3 is 0 Å². The molecule has 2 aromatic rings. The molecule has 1 saturated heterocycles. The molecule has 8 nitrogen and oxygen atoms in total. The largest absolute Gasteiger partial charge is 0.387 e. The zero-order chi connectivity index (χ0) is 24.3. The average molecular weight is 492 g/mol. The van der Waals surface area contributed by atoms with E-state index in [4.69, 9.17) is 0 Å². The zero-order valence-electron chi connectivity index (χ0n) is 19.4. The predicted molar refractivity (Wildman–Crippen MR) is 139 cm³/mol. The molecule has 3 heterocycles. The lowest BCUT2D eigenvalue weighted by Crippen LogP contribution is -2.49. The van der Waals surface area contributed by atoms with E-state index in [9.17, 15) is 13.2 Å². The smallest absolute Gasteiger partial charge is 0.263 e. The third-order valence-corrected chi connectivity index (χ3v) is 7.81. The fraction of sp³-hybridized carbons (Fsp3) is 0.269. The Balaban J connectivity index is 1.20. The van der Waals surface area contributed by atoms with Gasteiger partial charge in [0.2, 0.25) is 0 Å². The summed E-state index contributed by atoms with van der Waals surface area (Å²) in [6, 6.07) is 11.8. The van der Waals surface area contributed by atoms with Crippen LogP contribution in [0.5, 0.6) is 0 Å². The van der Waals surface area contributed by atoms with E-state index in [0.717, 1.165) is 31.7 Å². The number of benzene rings is 2. The molecule has 1 fully saturated rings. The summed E-state index contributed by atoms with van der Waals surface area (Å²) < 4.78 is 28.7. The molecule has 0 radical (unpaired) electrons. The first kappa shape index (κ1) is 23.2. The van der Waals surface area contributed by atoms with E-state index >= 15 is 0 Å². The minimum atomic E-state index is -3.79. The number of carbonyl (C=O) groups excluding carboxylic acids is 1. The van der Waals surface area contributed by atoms with Gasteiger partial charge in [0.05, 0.1) is 5.69 Å². The molecule has 9 heteroatoms. The van der Waals surface area contributed by atoms with E-state index in [2.05, 4.69) is 26.3 Å². The summed E-state index contributed by atoms with van der Waals surface area (Å²) in [5, 5.41) is 6.37. The maximum Gasteiger partial charge on any atom is 0.263 e. The van der Waals surface area contributed by atoms with Crippen LogP contribution in [0, 0.1) is 0 Å². The monoisotopic (exact) mass is 491 g/mol. The average Bonchev–Trinajstić information content (AvgIpc) is 2.89. The second-order valence-corrected chi connectivity index (χ2v) is 10.5. The van der Waals surface area contributed by atoms with E-state index < -0.39 is 10.0 Å². The molecule has 3 aliphatic rings. The minimum absolute atomic E-state index is 0.0337. The molecule has 0 aliphatic carbocycles. The number of carbonyl (C=O) groups is 1. The van der Waals surface area contributed by atoms with Crippen LogP contribution in [0.2, 0.25) is 0 Å². The molecule has 0 aromatic heterocycles. The predicted octanol–water partition coefficient (Wildman–Crippen LogP) is 2.73. The number of hydrogen-bond acceptors (Lipinski definition) is 6. The van der Waals surface area contributed by atoms with Gasteiger partial charge in [-0.2, -0.15) is 0 Å². The van der Waals surface area contributed by atoms with Crippen LogP contribution in [0.15, 0.2) is 77.4 Å². The molecule has 0 bridgehead atoms. The van der Waals surface area contributed by atoms with Gasteiger partial charge in [-0.05, 0) is 53.7 Å². The first-order valence-corrected chi connectivity index (χ1v) is 13.2. The third-order valence-electron chi connectivity index (χ3n) is 6.39. The minimum Gasteiger partial charge on any atom is -0.387 e.